The third-order valence-electron chi connectivity index (χ3n) is 10.7. The highest BCUT2D eigenvalue weighted by molar-refractivity contribution is 6.19. The molecule has 0 saturated carbocycles. The summed E-state index contributed by atoms with van der Waals surface area (Å²) in [6.07, 6.45) is 0. The summed E-state index contributed by atoms with van der Waals surface area (Å²) in [6, 6.07) is 58.1. The van der Waals surface area contributed by atoms with Crippen molar-refractivity contribution in [3.63, 3.8) is 0 Å². The molecule has 0 N–H and O–H groups in total. The van der Waals surface area contributed by atoms with Gasteiger partial charge in [0.15, 0.2) is 5.58 Å². The summed E-state index contributed by atoms with van der Waals surface area (Å²) in [5, 5.41) is 6.26. The number of hydrogen-bond acceptors (Lipinski definition) is 6. The van der Waals surface area contributed by atoms with Crippen LogP contribution in [0.15, 0.2) is 188 Å². The molecule has 0 fully saturated rings. The van der Waals surface area contributed by atoms with Crippen molar-refractivity contribution >= 4 is 94.0 Å². The van der Waals surface area contributed by atoms with Crippen molar-refractivity contribution in [3.8, 4) is 22.6 Å². The molecule has 6 heteroatoms. The van der Waals surface area contributed by atoms with E-state index in [1.165, 1.54) is 0 Å². The van der Waals surface area contributed by atoms with Gasteiger partial charge in [-0.25, -0.2) is 4.98 Å². The van der Waals surface area contributed by atoms with E-state index in [2.05, 4.69) is 108 Å². The Labute approximate surface area is 313 Å². The third-order valence-corrected chi connectivity index (χ3v) is 10.7. The van der Waals surface area contributed by atoms with Gasteiger partial charge in [0.1, 0.15) is 39.0 Å². The molecule has 8 aromatic carbocycles. The summed E-state index contributed by atoms with van der Waals surface area (Å²) in [4.78, 5) is 7.24. The summed E-state index contributed by atoms with van der Waals surface area (Å²) in [7, 11) is 0. The molecule has 0 aliphatic heterocycles. The number of anilines is 3. The van der Waals surface area contributed by atoms with Crippen molar-refractivity contribution < 1.29 is 17.7 Å². The molecule has 0 saturated heterocycles. The van der Waals surface area contributed by atoms with Gasteiger partial charge in [-0.1, -0.05) is 84.9 Å². The van der Waals surface area contributed by atoms with E-state index in [1.807, 2.05) is 66.7 Å². The van der Waals surface area contributed by atoms with Gasteiger partial charge >= 0.3 is 0 Å². The van der Waals surface area contributed by atoms with Crippen LogP contribution in [-0.2, 0) is 0 Å². The van der Waals surface area contributed by atoms with Gasteiger partial charge in [-0.15, -0.1) is 0 Å². The largest absolute Gasteiger partial charge is 0.456 e. The molecule has 0 unspecified atom stereocenters. The van der Waals surface area contributed by atoms with Crippen molar-refractivity contribution in [3.05, 3.63) is 170 Å². The van der Waals surface area contributed by atoms with Gasteiger partial charge in [0, 0.05) is 55.1 Å². The van der Waals surface area contributed by atoms with Crippen LogP contribution in [0.5, 0.6) is 0 Å². The van der Waals surface area contributed by atoms with Gasteiger partial charge in [-0.2, -0.15) is 0 Å². The standard InChI is InChI=1S/C49H28N2O4/c1-2-9-30(10-3-1)49-50-47-45(55-49)26-25-44-46(47)37-14-8-13-34(48(37)54-44)29-17-19-31(20-18-29)51(32-21-23-42-38(27-32)35-11-4-6-15-40(35)52-42)33-22-24-43-39(28-33)36-12-5-7-16-41(36)53-43/h1-28H. The lowest BCUT2D eigenvalue weighted by molar-refractivity contribution is 0.619. The molecule has 12 rings (SSSR count). The number of fused-ring (bicyclic) bond motifs is 11. The molecule has 0 amide bonds. The molecule has 12 aromatic rings. The summed E-state index contributed by atoms with van der Waals surface area (Å²) < 4.78 is 25.2. The van der Waals surface area contributed by atoms with Crippen LogP contribution in [0.2, 0.25) is 0 Å². The van der Waals surface area contributed by atoms with Crippen molar-refractivity contribution in [2.75, 3.05) is 4.90 Å². The van der Waals surface area contributed by atoms with E-state index in [-0.39, 0.29) is 0 Å². The molecule has 0 bridgehead atoms. The predicted molar refractivity (Wildman–Crippen MR) is 221 cm³/mol. The summed E-state index contributed by atoms with van der Waals surface area (Å²) in [5.41, 5.74) is 12.6. The second-order valence-corrected chi connectivity index (χ2v) is 13.9. The average Bonchev–Trinajstić information content (AvgIpc) is 4.02. The first-order valence-corrected chi connectivity index (χ1v) is 18.3. The van der Waals surface area contributed by atoms with Crippen LogP contribution in [0.4, 0.5) is 17.1 Å². The van der Waals surface area contributed by atoms with Gasteiger partial charge < -0.3 is 22.6 Å². The molecule has 0 radical (unpaired) electrons. The van der Waals surface area contributed by atoms with E-state index >= 15 is 0 Å². The lowest BCUT2D eigenvalue weighted by Crippen LogP contribution is -2.09. The zero-order chi connectivity index (χ0) is 36.0. The minimum atomic E-state index is 0.592. The van der Waals surface area contributed by atoms with Crippen LogP contribution in [-0.4, -0.2) is 4.98 Å². The highest BCUT2D eigenvalue weighted by Crippen LogP contribution is 2.43. The molecule has 55 heavy (non-hydrogen) atoms. The highest BCUT2D eigenvalue weighted by atomic mass is 16.4. The quantitative estimate of drug-likeness (QED) is 0.177. The van der Waals surface area contributed by atoms with Gasteiger partial charge in [0.25, 0.3) is 0 Å². The number of hydrogen-bond donors (Lipinski definition) is 0. The Morgan fingerprint density at radius 2 is 0.927 bits per heavy atom. The average molecular weight is 709 g/mol. The summed E-state index contributed by atoms with van der Waals surface area (Å²) >= 11 is 0. The van der Waals surface area contributed by atoms with Crippen LogP contribution in [0.1, 0.15) is 0 Å². The molecule has 4 heterocycles. The lowest BCUT2D eigenvalue weighted by atomic mass is 10.0. The number of oxazole rings is 1. The molecule has 0 atom stereocenters. The second kappa shape index (κ2) is 11.5. The maximum absolute atomic E-state index is 6.60. The van der Waals surface area contributed by atoms with Crippen LogP contribution >= 0.6 is 0 Å². The van der Waals surface area contributed by atoms with Crippen molar-refractivity contribution in [1.29, 1.82) is 0 Å². The second-order valence-electron chi connectivity index (χ2n) is 13.9. The fourth-order valence-corrected chi connectivity index (χ4v) is 8.15. The van der Waals surface area contributed by atoms with Crippen LogP contribution < -0.4 is 4.90 Å². The molecule has 6 nitrogen and oxygen atoms in total. The van der Waals surface area contributed by atoms with Gasteiger partial charge in [0.2, 0.25) is 5.89 Å². The van der Waals surface area contributed by atoms with Gasteiger partial charge in [0.05, 0.1) is 5.39 Å². The van der Waals surface area contributed by atoms with E-state index in [0.29, 0.717) is 5.89 Å². The number of para-hydroxylation sites is 3. The minimum Gasteiger partial charge on any atom is -0.456 e. The van der Waals surface area contributed by atoms with Crippen LogP contribution in [0.3, 0.4) is 0 Å². The van der Waals surface area contributed by atoms with E-state index < -0.39 is 0 Å². The number of rotatable bonds is 5. The maximum atomic E-state index is 6.60. The topological polar surface area (TPSA) is 68.7 Å². The highest BCUT2D eigenvalue weighted by Gasteiger charge is 2.21. The summed E-state index contributed by atoms with van der Waals surface area (Å²) in [5.74, 6) is 0.592. The Hall–Kier alpha value is -7.57. The third kappa shape index (κ3) is 4.58. The van der Waals surface area contributed by atoms with Crippen molar-refractivity contribution in [2.24, 2.45) is 0 Å². The van der Waals surface area contributed by atoms with E-state index in [9.17, 15) is 0 Å². The Kier molecular flexibility index (Phi) is 6.24. The Morgan fingerprint density at radius 1 is 0.364 bits per heavy atom. The maximum Gasteiger partial charge on any atom is 0.227 e. The fourth-order valence-electron chi connectivity index (χ4n) is 8.15. The summed E-state index contributed by atoms with van der Waals surface area (Å²) in [6.45, 7) is 0. The van der Waals surface area contributed by atoms with E-state index in [4.69, 9.17) is 22.7 Å². The molecular formula is C49H28N2O4. The first-order chi connectivity index (χ1) is 27.2. The number of nitrogens with zero attached hydrogens (tertiary/aromatic N) is 2. The molecule has 0 aliphatic rings. The number of furan rings is 3. The minimum absolute atomic E-state index is 0.592. The van der Waals surface area contributed by atoms with Crippen molar-refractivity contribution in [1.82, 2.24) is 4.98 Å². The first kappa shape index (κ1) is 29.9. The molecule has 0 aliphatic carbocycles. The number of aromatic nitrogens is 1. The molecular weight excluding hydrogens is 681 g/mol. The van der Waals surface area contributed by atoms with E-state index in [1.54, 1.807) is 0 Å². The smallest absolute Gasteiger partial charge is 0.227 e. The van der Waals surface area contributed by atoms with Crippen LogP contribution in [0.25, 0.3) is 99.5 Å². The molecule has 258 valence electrons. The van der Waals surface area contributed by atoms with E-state index in [0.717, 1.165) is 111 Å². The van der Waals surface area contributed by atoms with Gasteiger partial charge in [-0.3, -0.25) is 0 Å². The van der Waals surface area contributed by atoms with Crippen LogP contribution in [0, 0.1) is 0 Å². The Balaban J connectivity index is 1.00. The zero-order valence-corrected chi connectivity index (χ0v) is 29.2. The number of benzene rings is 8. The monoisotopic (exact) mass is 708 g/mol. The fraction of sp³-hybridized carbons (Fsp3) is 0. The normalized spacial score (nSPS) is 12.0. The van der Waals surface area contributed by atoms with Gasteiger partial charge in [-0.05, 0) is 90.5 Å². The molecule has 4 aromatic heterocycles. The Bertz CT molecular complexity index is 3330. The zero-order valence-electron chi connectivity index (χ0n) is 29.2. The first-order valence-electron chi connectivity index (χ1n) is 18.3. The SMILES string of the molecule is c1ccc(-c2nc3c(ccc4oc5c(-c6ccc(N(c7ccc8oc9ccccc9c8c7)c7ccc8oc9ccccc9c8c7)cc6)cccc5c43)o2)cc1. The Morgan fingerprint density at radius 3 is 1.62 bits per heavy atom. The van der Waals surface area contributed by atoms with Crippen molar-refractivity contribution in [2.45, 2.75) is 0 Å². The molecule has 0 spiro atoms. The predicted octanol–water partition coefficient (Wildman–Crippen LogP) is 14.3. The lowest BCUT2D eigenvalue weighted by Gasteiger charge is -2.26.